The van der Waals surface area contributed by atoms with E-state index in [1.807, 2.05) is 66.9 Å². The molecule has 0 radical (unpaired) electrons. The second-order valence-electron chi connectivity index (χ2n) is 9.89. The van der Waals surface area contributed by atoms with Gasteiger partial charge in [-0.1, -0.05) is 48.5 Å². The quantitative estimate of drug-likeness (QED) is 0.354. The third kappa shape index (κ3) is 5.88. The molecule has 0 aliphatic carbocycles. The van der Waals surface area contributed by atoms with Crippen molar-refractivity contribution < 1.29 is 24.2 Å². The molecule has 39 heavy (non-hydrogen) atoms. The zero-order valence-electron chi connectivity index (χ0n) is 21.7. The maximum Gasteiger partial charge on any atom is 0.306 e. The Labute approximate surface area is 226 Å². The van der Waals surface area contributed by atoms with Gasteiger partial charge in [0, 0.05) is 42.5 Å². The second kappa shape index (κ2) is 11.6. The number of carboxylic acid groups (broad SMARTS) is 1. The van der Waals surface area contributed by atoms with Crippen LogP contribution < -0.4 is 10.6 Å². The molecule has 3 N–H and O–H groups in total. The fourth-order valence-electron chi connectivity index (χ4n) is 5.11. The van der Waals surface area contributed by atoms with Gasteiger partial charge in [0.2, 0.25) is 11.8 Å². The Morgan fingerprint density at radius 3 is 2.64 bits per heavy atom. The van der Waals surface area contributed by atoms with E-state index in [9.17, 15) is 19.5 Å². The molecule has 5 rings (SSSR count). The lowest BCUT2D eigenvalue weighted by atomic mass is 10.0. The van der Waals surface area contributed by atoms with Crippen LogP contribution in [-0.2, 0) is 25.5 Å². The van der Waals surface area contributed by atoms with Crippen molar-refractivity contribution in [3.63, 3.8) is 0 Å². The molecular weight excluding hydrogens is 496 g/mol. The number of ether oxygens (including phenoxy) is 1. The highest BCUT2D eigenvalue weighted by atomic mass is 16.5. The fourth-order valence-corrected chi connectivity index (χ4v) is 5.11. The standard InChI is InChI=1S/C30H32N4O5/c1-20-19-39-14-12-31-29(37)25(15-23-18-34(20)26-10-6-5-9-24(23)26)32-30(38)27(16-28(35)36)33-13-11-22(17-33)21-7-3-2-4-8-21/h2-11,13,17-18,20,25,27H,12,14-16,19H2,1H3,(H,31,37)(H,32,38)(H,35,36)/t20?,25-,27+/m0/s1. The Hall–Kier alpha value is -4.37. The van der Waals surface area contributed by atoms with Gasteiger partial charge in [0.25, 0.3) is 0 Å². The van der Waals surface area contributed by atoms with E-state index in [4.69, 9.17) is 4.74 Å². The van der Waals surface area contributed by atoms with Crippen LogP contribution in [0.3, 0.4) is 0 Å². The summed E-state index contributed by atoms with van der Waals surface area (Å²) in [5, 5.41) is 16.3. The van der Waals surface area contributed by atoms with Gasteiger partial charge in [-0.05, 0) is 35.7 Å². The van der Waals surface area contributed by atoms with Crippen LogP contribution in [0.1, 0.15) is 31.0 Å². The number of carboxylic acids is 1. The maximum absolute atomic E-state index is 13.6. The minimum absolute atomic E-state index is 0.0827. The van der Waals surface area contributed by atoms with Gasteiger partial charge >= 0.3 is 5.97 Å². The van der Waals surface area contributed by atoms with Gasteiger partial charge in [0.05, 0.1) is 25.7 Å². The molecule has 3 heterocycles. The predicted molar refractivity (Wildman–Crippen MR) is 147 cm³/mol. The van der Waals surface area contributed by atoms with Crippen molar-refractivity contribution in [2.24, 2.45) is 0 Å². The zero-order valence-corrected chi connectivity index (χ0v) is 21.7. The highest BCUT2D eigenvalue weighted by molar-refractivity contribution is 5.92. The molecule has 0 saturated heterocycles. The van der Waals surface area contributed by atoms with Crippen LogP contribution in [-0.4, -0.2) is 57.8 Å². The fraction of sp³-hybridized carbons (Fsp3) is 0.300. The summed E-state index contributed by atoms with van der Waals surface area (Å²) in [7, 11) is 0. The van der Waals surface area contributed by atoms with Crippen LogP contribution in [0.2, 0.25) is 0 Å². The summed E-state index contributed by atoms with van der Waals surface area (Å²) in [6.07, 6.45) is 5.31. The average molecular weight is 529 g/mol. The first kappa shape index (κ1) is 26.2. The first-order chi connectivity index (χ1) is 18.9. The summed E-state index contributed by atoms with van der Waals surface area (Å²) < 4.78 is 9.52. The molecule has 1 aliphatic rings. The van der Waals surface area contributed by atoms with E-state index in [-0.39, 0.29) is 18.4 Å². The van der Waals surface area contributed by atoms with Gasteiger partial charge in [-0.3, -0.25) is 14.4 Å². The van der Waals surface area contributed by atoms with Crippen LogP contribution in [0.4, 0.5) is 0 Å². The van der Waals surface area contributed by atoms with Crippen molar-refractivity contribution in [1.29, 1.82) is 0 Å². The molecule has 0 saturated carbocycles. The summed E-state index contributed by atoms with van der Waals surface area (Å²) >= 11 is 0. The number of carbonyl (C=O) groups is 3. The largest absolute Gasteiger partial charge is 0.481 e. The number of nitrogens with one attached hydrogen (secondary N) is 2. The third-order valence-electron chi connectivity index (χ3n) is 7.11. The van der Waals surface area contributed by atoms with Crippen molar-refractivity contribution in [1.82, 2.24) is 19.8 Å². The van der Waals surface area contributed by atoms with E-state index in [1.54, 1.807) is 17.0 Å². The summed E-state index contributed by atoms with van der Waals surface area (Å²) in [6.45, 7) is 3.24. The lowest BCUT2D eigenvalue weighted by Gasteiger charge is -2.23. The number of aromatic nitrogens is 2. The molecule has 1 aliphatic heterocycles. The lowest BCUT2D eigenvalue weighted by Crippen LogP contribution is -2.50. The molecule has 9 heteroatoms. The number of amides is 2. The summed E-state index contributed by atoms with van der Waals surface area (Å²) in [6, 6.07) is 17.6. The molecule has 9 nitrogen and oxygen atoms in total. The van der Waals surface area contributed by atoms with Crippen LogP contribution in [0.25, 0.3) is 22.0 Å². The number of fused-ring (bicyclic) bond motifs is 5. The van der Waals surface area contributed by atoms with E-state index in [2.05, 4.69) is 22.1 Å². The predicted octanol–water partition coefficient (Wildman–Crippen LogP) is 3.56. The summed E-state index contributed by atoms with van der Waals surface area (Å²) in [5.74, 6) is -1.99. The molecule has 1 unspecified atom stereocenters. The SMILES string of the molecule is CC1COCCNC(=O)[C@@H](NC(=O)[C@@H](CC(=O)O)n2ccc(-c3ccccc3)c2)Cc2cn1c1ccccc21. The van der Waals surface area contributed by atoms with Crippen LogP contribution in [0.15, 0.2) is 79.3 Å². The zero-order chi connectivity index (χ0) is 27.4. The molecular formula is C30H32N4O5. The van der Waals surface area contributed by atoms with E-state index in [1.165, 1.54) is 0 Å². The van der Waals surface area contributed by atoms with Crippen LogP contribution >= 0.6 is 0 Å². The lowest BCUT2D eigenvalue weighted by molar-refractivity contribution is -0.141. The number of carbonyl (C=O) groups excluding carboxylic acids is 2. The highest BCUT2D eigenvalue weighted by Crippen LogP contribution is 2.27. The first-order valence-electron chi connectivity index (χ1n) is 13.1. The Balaban J connectivity index is 1.44. The van der Waals surface area contributed by atoms with Crippen molar-refractivity contribution >= 4 is 28.7 Å². The van der Waals surface area contributed by atoms with Crippen molar-refractivity contribution in [3.8, 4) is 11.1 Å². The molecule has 2 aromatic carbocycles. The van der Waals surface area contributed by atoms with Crippen molar-refractivity contribution in [2.45, 2.75) is 37.9 Å². The Morgan fingerprint density at radius 1 is 1.08 bits per heavy atom. The van der Waals surface area contributed by atoms with E-state index in [0.29, 0.717) is 19.8 Å². The minimum Gasteiger partial charge on any atom is -0.481 e. The van der Waals surface area contributed by atoms with Gasteiger partial charge in [0.15, 0.2) is 0 Å². The van der Waals surface area contributed by atoms with Gasteiger partial charge in [-0.15, -0.1) is 0 Å². The number of aliphatic carboxylic acids is 1. The molecule has 2 amide bonds. The summed E-state index contributed by atoms with van der Waals surface area (Å²) in [5.41, 5.74) is 3.76. The van der Waals surface area contributed by atoms with E-state index in [0.717, 1.165) is 27.6 Å². The Morgan fingerprint density at radius 2 is 1.85 bits per heavy atom. The van der Waals surface area contributed by atoms with Gasteiger partial charge in [0.1, 0.15) is 12.1 Å². The number of nitrogens with zero attached hydrogens (tertiary/aromatic N) is 2. The third-order valence-corrected chi connectivity index (χ3v) is 7.11. The molecule has 4 aromatic rings. The van der Waals surface area contributed by atoms with Gasteiger partial charge < -0.3 is 29.6 Å². The van der Waals surface area contributed by atoms with E-state index < -0.39 is 30.4 Å². The van der Waals surface area contributed by atoms with Crippen molar-refractivity contribution in [3.05, 3.63) is 84.8 Å². The number of hydrogen-bond acceptors (Lipinski definition) is 4. The molecule has 3 atom stereocenters. The smallest absolute Gasteiger partial charge is 0.306 e. The average Bonchev–Trinajstić information content (AvgIpc) is 3.56. The van der Waals surface area contributed by atoms with Gasteiger partial charge in [-0.2, -0.15) is 0 Å². The van der Waals surface area contributed by atoms with Gasteiger partial charge in [-0.25, -0.2) is 0 Å². The normalized spacial score (nSPS) is 18.9. The molecule has 2 aromatic heterocycles. The molecule has 202 valence electrons. The number of para-hydroxylation sites is 1. The first-order valence-corrected chi connectivity index (χ1v) is 13.1. The molecule has 2 bridgehead atoms. The Bertz CT molecular complexity index is 1480. The Kier molecular flexibility index (Phi) is 7.79. The second-order valence-corrected chi connectivity index (χ2v) is 9.89. The number of hydrogen-bond donors (Lipinski definition) is 3. The van der Waals surface area contributed by atoms with Crippen LogP contribution in [0.5, 0.6) is 0 Å². The van der Waals surface area contributed by atoms with Crippen molar-refractivity contribution in [2.75, 3.05) is 19.8 Å². The summed E-state index contributed by atoms with van der Waals surface area (Å²) in [4.78, 5) is 38.6. The minimum atomic E-state index is -1.11. The monoisotopic (exact) mass is 528 g/mol. The highest BCUT2D eigenvalue weighted by Gasteiger charge is 2.30. The molecule has 0 fully saturated rings. The van der Waals surface area contributed by atoms with Crippen LogP contribution in [0, 0.1) is 0 Å². The molecule has 0 spiro atoms. The topological polar surface area (TPSA) is 115 Å². The van der Waals surface area contributed by atoms with E-state index >= 15 is 0 Å². The number of benzene rings is 2. The number of rotatable bonds is 6. The maximum atomic E-state index is 13.6.